The first-order valence-electron chi connectivity index (χ1n) is 10.3. The van der Waals surface area contributed by atoms with Crippen molar-refractivity contribution in [3.05, 3.63) is 92.1 Å². The average Bonchev–Trinajstić information content (AvgIpc) is 3.48. The normalized spacial score (nSPS) is 11.6. The highest BCUT2D eigenvalue weighted by molar-refractivity contribution is 7.13. The van der Waals surface area contributed by atoms with Crippen molar-refractivity contribution >= 4 is 51.6 Å². The Hall–Kier alpha value is -4.23. The number of amides is 1. The number of thiazole rings is 1. The summed E-state index contributed by atoms with van der Waals surface area (Å²) in [5, 5.41) is 19.8. The molecule has 2 N–H and O–H groups in total. The highest BCUT2D eigenvalue weighted by Crippen LogP contribution is 2.33. The van der Waals surface area contributed by atoms with E-state index in [9.17, 15) is 28.1 Å². The van der Waals surface area contributed by atoms with Crippen LogP contribution in [0.3, 0.4) is 0 Å². The Bertz CT molecular complexity index is 1490. The molecule has 4 rings (SSSR count). The van der Waals surface area contributed by atoms with Gasteiger partial charge in [0.15, 0.2) is 5.13 Å². The minimum absolute atomic E-state index is 0.120. The number of non-ortho nitro benzene ring substituents is 1. The van der Waals surface area contributed by atoms with Crippen molar-refractivity contribution in [3.63, 3.8) is 0 Å². The molecule has 0 saturated carbocycles. The maximum atomic E-state index is 12.9. The smallest absolute Gasteiger partial charge is 0.416 e. The third-order valence-corrected chi connectivity index (χ3v) is 5.90. The Morgan fingerprint density at radius 3 is 2.78 bits per heavy atom. The summed E-state index contributed by atoms with van der Waals surface area (Å²) in [5.74, 6) is 0.0598. The van der Waals surface area contributed by atoms with E-state index in [0.29, 0.717) is 16.4 Å². The monoisotopic (exact) mass is 549 g/mol. The van der Waals surface area contributed by atoms with E-state index in [1.165, 1.54) is 36.5 Å². The molecular formula is C23H15ClF3N5O4S. The number of nitro groups is 1. The topological polar surface area (TPSA) is 123 Å². The van der Waals surface area contributed by atoms with Gasteiger partial charge in [0, 0.05) is 28.8 Å². The fourth-order valence-electron chi connectivity index (χ4n) is 3.10. The molecule has 0 aliphatic carbocycles. The van der Waals surface area contributed by atoms with Gasteiger partial charge in [-0.1, -0.05) is 17.7 Å². The van der Waals surface area contributed by atoms with Crippen LogP contribution in [0.2, 0.25) is 5.02 Å². The fourth-order valence-corrected chi connectivity index (χ4v) is 4.04. The minimum atomic E-state index is -4.46. The third kappa shape index (κ3) is 6.71. The summed E-state index contributed by atoms with van der Waals surface area (Å²) >= 11 is 7.25. The molecule has 14 heteroatoms. The quantitative estimate of drug-likeness (QED) is 0.148. The first-order valence-corrected chi connectivity index (χ1v) is 11.6. The molecule has 2 aromatic heterocycles. The number of nitrogens with zero attached hydrogens (tertiary/aromatic N) is 3. The van der Waals surface area contributed by atoms with Crippen molar-refractivity contribution in [3.8, 4) is 11.3 Å². The molecule has 190 valence electrons. The van der Waals surface area contributed by atoms with E-state index in [1.54, 1.807) is 17.5 Å². The van der Waals surface area contributed by atoms with Crippen LogP contribution in [0.5, 0.6) is 0 Å². The number of hydrogen-bond donors (Lipinski definition) is 2. The Morgan fingerprint density at radius 1 is 1.22 bits per heavy atom. The fraction of sp³-hybridized carbons (Fsp3) is 0.0870. The van der Waals surface area contributed by atoms with Gasteiger partial charge >= 0.3 is 6.18 Å². The number of hydrazone groups is 1. The second-order valence-electron chi connectivity index (χ2n) is 7.44. The molecule has 1 amide bonds. The van der Waals surface area contributed by atoms with Crippen LogP contribution in [0.25, 0.3) is 11.3 Å². The Balaban J connectivity index is 1.33. The van der Waals surface area contributed by atoms with Crippen molar-refractivity contribution in [2.24, 2.45) is 5.10 Å². The van der Waals surface area contributed by atoms with Gasteiger partial charge in [0.25, 0.3) is 5.69 Å². The number of carbonyl (C=O) groups excluding carboxylic acids is 1. The van der Waals surface area contributed by atoms with E-state index in [0.717, 1.165) is 23.5 Å². The zero-order chi connectivity index (χ0) is 26.6. The molecular weight excluding hydrogens is 535 g/mol. The van der Waals surface area contributed by atoms with E-state index in [1.807, 2.05) is 0 Å². The molecule has 0 fully saturated rings. The van der Waals surface area contributed by atoms with Crippen LogP contribution < -0.4 is 10.7 Å². The SMILES string of the molecule is O=C(Cc1csc(Nc2cccc(C(F)(F)F)c2)n1)N/N=C\c1ccc(-c2cc([N+](=O)[O-])ccc2Cl)o1. The van der Waals surface area contributed by atoms with E-state index < -0.39 is 22.6 Å². The van der Waals surface area contributed by atoms with Crippen LogP contribution >= 0.6 is 22.9 Å². The summed E-state index contributed by atoms with van der Waals surface area (Å²) < 4.78 is 44.2. The van der Waals surface area contributed by atoms with Crippen molar-refractivity contribution < 1.29 is 27.3 Å². The minimum Gasteiger partial charge on any atom is -0.455 e. The summed E-state index contributed by atoms with van der Waals surface area (Å²) in [6, 6.07) is 11.8. The van der Waals surface area contributed by atoms with Crippen LogP contribution in [-0.2, 0) is 17.4 Å². The first kappa shape index (κ1) is 25.9. The van der Waals surface area contributed by atoms with Gasteiger partial charge < -0.3 is 9.73 Å². The van der Waals surface area contributed by atoms with E-state index in [4.69, 9.17) is 16.0 Å². The lowest BCUT2D eigenvalue weighted by molar-refractivity contribution is -0.384. The average molecular weight is 550 g/mol. The van der Waals surface area contributed by atoms with Crippen LogP contribution in [0.4, 0.5) is 29.7 Å². The lowest BCUT2D eigenvalue weighted by atomic mass is 10.1. The maximum absolute atomic E-state index is 12.9. The third-order valence-electron chi connectivity index (χ3n) is 4.77. The molecule has 0 bridgehead atoms. The number of furan rings is 1. The Morgan fingerprint density at radius 2 is 2.03 bits per heavy atom. The Kier molecular flexibility index (Phi) is 7.55. The number of benzene rings is 2. The molecule has 9 nitrogen and oxygen atoms in total. The van der Waals surface area contributed by atoms with E-state index in [-0.39, 0.29) is 34.3 Å². The van der Waals surface area contributed by atoms with Crippen molar-refractivity contribution in [2.45, 2.75) is 12.6 Å². The number of halogens is 4. The first-order chi connectivity index (χ1) is 17.6. The summed E-state index contributed by atoms with van der Waals surface area (Å²) in [5.41, 5.74) is 2.33. The number of carbonyl (C=O) groups is 1. The second kappa shape index (κ2) is 10.8. The summed E-state index contributed by atoms with van der Waals surface area (Å²) in [6.45, 7) is 0. The van der Waals surface area contributed by atoms with Crippen molar-refractivity contribution in [1.29, 1.82) is 0 Å². The van der Waals surface area contributed by atoms with Crippen molar-refractivity contribution in [1.82, 2.24) is 10.4 Å². The zero-order valence-electron chi connectivity index (χ0n) is 18.5. The molecule has 0 saturated heterocycles. The Labute approximate surface area is 215 Å². The van der Waals surface area contributed by atoms with Crippen molar-refractivity contribution in [2.75, 3.05) is 5.32 Å². The van der Waals surface area contributed by atoms with Gasteiger partial charge in [-0.15, -0.1) is 11.3 Å². The number of rotatable bonds is 8. The predicted molar refractivity (Wildman–Crippen MR) is 132 cm³/mol. The molecule has 2 aromatic carbocycles. The number of nitro benzene ring substituents is 1. The lowest BCUT2D eigenvalue weighted by Gasteiger charge is -2.08. The van der Waals surface area contributed by atoms with Gasteiger partial charge in [-0.25, -0.2) is 10.4 Å². The van der Waals surface area contributed by atoms with Crippen LogP contribution in [0.1, 0.15) is 17.0 Å². The van der Waals surface area contributed by atoms with Gasteiger partial charge in [0.2, 0.25) is 5.91 Å². The van der Waals surface area contributed by atoms with Gasteiger partial charge in [-0.3, -0.25) is 14.9 Å². The van der Waals surface area contributed by atoms with Gasteiger partial charge in [0.05, 0.1) is 33.8 Å². The summed E-state index contributed by atoms with van der Waals surface area (Å²) in [7, 11) is 0. The van der Waals surface area contributed by atoms with E-state index in [2.05, 4.69) is 20.8 Å². The second-order valence-corrected chi connectivity index (χ2v) is 8.71. The van der Waals surface area contributed by atoms with Crippen LogP contribution in [0.15, 0.2) is 69.5 Å². The number of alkyl halides is 3. The highest BCUT2D eigenvalue weighted by Gasteiger charge is 2.30. The molecule has 0 radical (unpaired) electrons. The molecule has 0 unspecified atom stereocenters. The number of nitrogens with one attached hydrogen (secondary N) is 2. The zero-order valence-corrected chi connectivity index (χ0v) is 20.0. The van der Waals surface area contributed by atoms with Crippen LogP contribution in [0, 0.1) is 10.1 Å². The molecule has 0 aliphatic rings. The molecule has 0 atom stereocenters. The highest BCUT2D eigenvalue weighted by atomic mass is 35.5. The number of anilines is 2. The van der Waals surface area contributed by atoms with Gasteiger partial charge in [-0.2, -0.15) is 18.3 Å². The molecule has 37 heavy (non-hydrogen) atoms. The lowest BCUT2D eigenvalue weighted by Crippen LogP contribution is -2.19. The van der Waals surface area contributed by atoms with E-state index >= 15 is 0 Å². The van der Waals surface area contributed by atoms with Gasteiger partial charge in [0.1, 0.15) is 11.5 Å². The summed E-state index contributed by atoms with van der Waals surface area (Å²) in [6.07, 6.45) is -3.34. The number of aromatic nitrogens is 1. The maximum Gasteiger partial charge on any atom is 0.416 e. The summed E-state index contributed by atoms with van der Waals surface area (Å²) in [4.78, 5) is 26.8. The number of hydrogen-bond acceptors (Lipinski definition) is 8. The molecule has 0 aliphatic heterocycles. The predicted octanol–water partition coefficient (Wildman–Crippen LogP) is 6.42. The standard InChI is InChI=1S/C23H15ClF3N5O4S/c24-19-6-4-16(32(34)35)10-18(19)20-7-5-17(36-20)11-28-31-21(33)9-15-12-37-22(30-15)29-14-3-1-2-13(8-14)23(25,26)27/h1-8,10-12H,9H2,(H,29,30)(H,31,33)/b28-11-. The molecule has 4 aromatic rings. The molecule has 2 heterocycles. The largest absolute Gasteiger partial charge is 0.455 e. The van der Waals surface area contributed by atoms with Crippen LogP contribution in [-0.4, -0.2) is 22.0 Å². The van der Waals surface area contributed by atoms with Gasteiger partial charge in [-0.05, 0) is 36.4 Å². The molecule has 0 spiro atoms.